The first-order chi connectivity index (χ1) is 12.3. The van der Waals surface area contributed by atoms with Gasteiger partial charge in [0, 0.05) is 12.7 Å². The fourth-order valence-electron chi connectivity index (χ4n) is 2.61. The van der Waals surface area contributed by atoms with E-state index in [2.05, 4.69) is 10.3 Å². The summed E-state index contributed by atoms with van der Waals surface area (Å²) in [6.45, 7) is 1.82. The van der Waals surface area contributed by atoms with Crippen molar-refractivity contribution in [3.8, 4) is 5.75 Å². The first-order valence-electron chi connectivity index (χ1n) is 7.76. The second-order valence-electron chi connectivity index (χ2n) is 5.72. The molecule has 0 bridgehead atoms. The highest BCUT2D eigenvalue weighted by Gasteiger charge is 2.31. The predicted octanol–water partition coefficient (Wildman–Crippen LogP) is 3.60. The highest BCUT2D eigenvalue weighted by atomic mass is 19.4. The molecule has 0 aliphatic carbocycles. The Hall–Kier alpha value is -3.03. The lowest BCUT2D eigenvalue weighted by Crippen LogP contribution is -2.25. The van der Waals surface area contributed by atoms with Crippen LogP contribution in [-0.4, -0.2) is 22.4 Å². The molecule has 0 fully saturated rings. The summed E-state index contributed by atoms with van der Waals surface area (Å²) < 4.78 is 45.1. The summed E-state index contributed by atoms with van der Waals surface area (Å²) in [6.07, 6.45) is -3.61. The molecule has 26 heavy (non-hydrogen) atoms. The van der Waals surface area contributed by atoms with Crippen molar-refractivity contribution < 1.29 is 22.7 Å². The monoisotopic (exact) mass is 363 g/mol. The van der Waals surface area contributed by atoms with Crippen LogP contribution in [0.25, 0.3) is 5.65 Å². The number of nitrogens with one attached hydrogen (secondary N) is 1. The Morgan fingerprint density at radius 1 is 1.19 bits per heavy atom. The molecule has 0 atom stereocenters. The zero-order valence-corrected chi connectivity index (χ0v) is 14.1. The summed E-state index contributed by atoms with van der Waals surface area (Å²) in [4.78, 5) is 16.7. The number of amides is 1. The summed E-state index contributed by atoms with van der Waals surface area (Å²) in [5.74, 6) is 0.197. The Labute approximate surface area is 147 Å². The summed E-state index contributed by atoms with van der Waals surface area (Å²) in [5.41, 5.74) is 0.717. The van der Waals surface area contributed by atoms with E-state index < -0.39 is 17.6 Å². The van der Waals surface area contributed by atoms with Crippen LogP contribution in [-0.2, 0) is 12.7 Å². The van der Waals surface area contributed by atoms with Gasteiger partial charge in [-0.15, -0.1) is 0 Å². The number of carbonyl (C=O) groups is 1. The number of pyridine rings is 1. The van der Waals surface area contributed by atoms with Gasteiger partial charge in [-0.2, -0.15) is 13.2 Å². The highest BCUT2D eigenvalue weighted by molar-refractivity contribution is 5.94. The van der Waals surface area contributed by atoms with Gasteiger partial charge in [-0.25, -0.2) is 4.98 Å². The van der Waals surface area contributed by atoms with Gasteiger partial charge < -0.3 is 10.1 Å². The van der Waals surface area contributed by atoms with Crippen molar-refractivity contribution in [2.45, 2.75) is 19.6 Å². The molecule has 0 aliphatic heterocycles. The second-order valence-corrected chi connectivity index (χ2v) is 5.72. The third-order valence-electron chi connectivity index (χ3n) is 3.95. The third kappa shape index (κ3) is 3.49. The number of hydrogen-bond donors (Lipinski definition) is 1. The normalized spacial score (nSPS) is 11.6. The van der Waals surface area contributed by atoms with Gasteiger partial charge in [0.15, 0.2) is 0 Å². The molecule has 1 aromatic carbocycles. The number of imidazole rings is 1. The molecule has 0 radical (unpaired) electrons. The van der Waals surface area contributed by atoms with E-state index in [1.54, 1.807) is 38.3 Å². The molecule has 2 aromatic heterocycles. The number of hydrogen-bond acceptors (Lipinski definition) is 3. The Bertz CT molecular complexity index is 947. The number of rotatable bonds is 4. The van der Waals surface area contributed by atoms with Gasteiger partial charge >= 0.3 is 6.18 Å². The number of halogens is 3. The van der Waals surface area contributed by atoms with Crippen molar-refractivity contribution in [2.75, 3.05) is 7.11 Å². The largest absolute Gasteiger partial charge is 0.497 e. The number of alkyl halides is 3. The lowest BCUT2D eigenvalue weighted by Gasteiger charge is -2.09. The maximum atomic E-state index is 12.9. The van der Waals surface area contributed by atoms with Crippen molar-refractivity contribution in [2.24, 2.45) is 0 Å². The van der Waals surface area contributed by atoms with E-state index in [1.807, 2.05) is 0 Å². The van der Waals surface area contributed by atoms with Gasteiger partial charge in [-0.05, 0) is 36.8 Å². The minimum atomic E-state index is -4.50. The predicted molar refractivity (Wildman–Crippen MR) is 89.1 cm³/mol. The average molecular weight is 363 g/mol. The molecule has 0 spiro atoms. The molecule has 5 nitrogen and oxygen atoms in total. The van der Waals surface area contributed by atoms with Crippen LogP contribution in [0.5, 0.6) is 5.75 Å². The number of benzene rings is 1. The van der Waals surface area contributed by atoms with E-state index in [1.165, 1.54) is 10.5 Å². The van der Waals surface area contributed by atoms with E-state index in [-0.39, 0.29) is 17.9 Å². The quantitative estimate of drug-likeness (QED) is 0.771. The van der Waals surface area contributed by atoms with Gasteiger partial charge in [0.25, 0.3) is 5.91 Å². The van der Waals surface area contributed by atoms with E-state index >= 15 is 0 Å². The van der Waals surface area contributed by atoms with Gasteiger partial charge in [0.05, 0.1) is 18.4 Å². The number of methoxy groups -OCH3 is 1. The Morgan fingerprint density at radius 3 is 2.50 bits per heavy atom. The summed E-state index contributed by atoms with van der Waals surface area (Å²) in [5, 5.41) is 2.71. The van der Waals surface area contributed by atoms with Crippen LogP contribution in [0.15, 0.2) is 42.6 Å². The van der Waals surface area contributed by atoms with E-state index in [0.29, 0.717) is 11.4 Å². The molecule has 136 valence electrons. The molecule has 2 heterocycles. The molecule has 0 saturated heterocycles. The second kappa shape index (κ2) is 6.70. The van der Waals surface area contributed by atoms with E-state index in [4.69, 9.17) is 4.74 Å². The first-order valence-corrected chi connectivity index (χ1v) is 7.76. The maximum absolute atomic E-state index is 12.9. The fourth-order valence-corrected chi connectivity index (χ4v) is 2.61. The lowest BCUT2D eigenvalue weighted by atomic mass is 10.2. The topological polar surface area (TPSA) is 55.6 Å². The molecule has 3 rings (SSSR count). The Kier molecular flexibility index (Phi) is 4.58. The zero-order valence-electron chi connectivity index (χ0n) is 14.1. The minimum absolute atomic E-state index is 0.0830. The zero-order chi connectivity index (χ0) is 18.9. The molecule has 1 amide bonds. The van der Waals surface area contributed by atoms with Crippen molar-refractivity contribution in [1.29, 1.82) is 0 Å². The number of nitrogens with zero attached hydrogens (tertiary/aromatic N) is 2. The third-order valence-corrected chi connectivity index (χ3v) is 3.95. The number of aromatic nitrogens is 2. The number of fused-ring (bicyclic) bond motifs is 1. The van der Waals surface area contributed by atoms with Crippen LogP contribution >= 0.6 is 0 Å². The van der Waals surface area contributed by atoms with Crippen LogP contribution in [0.2, 0.25) is 0 Å². The molecular weight excluding hydrogens is 347 g/mol. The number of ether oxygens (including phenoxy) is 1. The van der Waals surface area contributed by atoms with E-state index in [9.17, 15) is 18.0 Å². The maximum Gasteiger partial charge on any atom is 0.417 e. The van der Waals surface area contributed by atoms with Gasteiger partial charge in [0.2, 0.25) is 0 Å². The Balaban J connectivity index is 1.85. The average Bonchev–Trinajstić information content (AvgIpc) is 2.94. The van der Waals surface area contributed by atoms with Crippen molar-refractivity contribution >= 4 is 11.6 Å². The number of carbonyl (C=O) groups excluding carboxylic acids is 1. The van der Waals surface area contributed by atoms with Crippen LogP contribution in [0, 0.1) is 6.92 Å². The van der Waals surface area contributed by atoms with Gasteiger partial charge in [-0.3, -0.25) is 9.20 Å². The van der Waals surface area contributed by atoms with Crippen LogP contribution in [0.3, 0.4) is 0 Å². The summed E-state index contributed by atoms with van der Waals surface area (Å²) in [6, 6.07) is 9.30. The summed E-state index contributed by atoms with van der Waals surface area (Å²) in [7, 11) is 1.56. The lowest BCUT2D eigenvalue weighted by molar-refractivity contribution is -0.137. The molecule has 1 N–H and O–H groups in total. The smallest absolute Gasteiger partial charge is 0.417 e. The fraction of sp³-hybridized carbons (Fsp3) is 0.222. The molecular formula is C18H16F3N3O2. The highest BCUT2D eigenvalue weighted by Crippen LogP contribution is 2.29. The SMILES string of the molecule is COc1ccc(CNC(=O)c2c(C)nc3ccc(C(F)(F)F)cn23)cc1. The minimum Gasteiger partial charge on any atom is -0.497 e. The molecule has 0 saturated carbocycles. The number of aryl methyl sites for hydroxylation is 1. The van der Waals surface area contributed by atoms with Crippen molar-refractivity contribution in [3.63, 3.8) is 0 Å². The molecule has 0 unspecified atom stereocenters. The van der Waals surface area contributed by atoms with Crippen LogP contribution < -0.4 is 10.1 Å². The Morgan fingerprint density at radius 2 is 1.88 bits per heavy atom. The van der Waals surface area contributed by atoms with Crippen molar-refractivity contribution in [1.82, 2.24) is 14.7 Å². The standard InChI is InChI=1S/C18H16F3N3O2/c1-11-16(17(25)22-9-12-3-6-14(26-2)7-4-12)24-10-13(18(19,20)21)5-8-15(24)23-11/h3-8,10H,9H2,1-2H3,(H,22,25). The molecule has 3 aromatic rings. The summed E-state index contributed by atoms with van der Waals surface area (Å²) >= 11 is 0. The molecule has 8 heteroatoms. The molecule has 0 aliphatic rings. The van der Waals surface area contributed by atoms with Crippen LogP contribution in [0.1, 0.15) is 27.3 Å². The van der Waals surface area contributed by atoms with Gasteiger partial charge in [0.1, 0.15) is 17.1 Å². The van der Waals surface area contributed by atoms with Gasteiger partial charge in [-0.1, -0.05) is 12.1 Å². The van der Waals surface area contributed by atoms with Crippen LogP contribution in [0.4, 0.5) is 13.2 Å². The van der Waals surface area contributed by atoms with Crippen molar-refractivity contribution in [3.05, 3.63) is 65.1 Å². The van der Waals surface area contributed by atoms with E-state index in [0.717, 1.165) is 17.8 Å². The first kappa shape index (κ1) is 17.8.